The van der Waals surface area contributed by atoms with Gasteiger partial charge in [-0.2, -0.15) is 4.99 Å². The van der Waals surface area contributed by atoms with Crippen molar-refractivity contribution in [3.05, 3.63) is 29.3 Å². The zero-order valence-corrected chi connectivity index (χ0v) is 10.9. The van der Waals surface area contributed by atoms with Gasteiger partial charge in [0.25, 0.3) is 0 Å². The Morgan fingerprint density at radius 3 is 2.53 bits per heavy atom. The molecule has 7 heteroatoms. The van der Waals surface area contributed by atoms with Crippen LogP contribution in [0.4, 0.5) is 5.69 Å². The van der Waals surface area contributed by atoms with E-state index in [9.17, 15) is 4.79 Å². The van der Waals surface area contributed by atoms with Crippen molar-refractivity contribution in [2.75, 3.05) is 6.61 Å². The van der Waals surface area contributed by atoms with Crippen molar-refractivity contribution in [2.45, 2.75) is 13.8 Å². The van der Waals surface area contributed by atoms with Crippen LogP contribution in [0.1, 0.15) is 22.8 Å². The molecular weight excluding hydrogens is 246 g/mol. The van der Waals surface area contributed by atoms with E-state index in [0.29, 0.717) is 17.9 Å². The van der Waals surface area contributed by atoms with Gasteiger partial charge in [0.1, 0.15) is 0 Å². The molecule has 0 radical (unpaired) electrons. The topological polar surface area (TPSA) is 129 Å². The largest absolute Gasteiger partial charge is 0.462 e. The zero-order chi connectivity index (χ0) is 14.4. The van der Waals surface area contributed by atoms with Crippen molar-refractivity contribution in [3.63, 3.8) is 0 Å². The molecule has 1 rings (SSSR count). The van der Waals surface area contributed by atoms with E-state index in [4.69, 9.17) is 21.9 Å². The van der Waals surface area contributed by atoms with Crippen LogP contribution in [0, 0.1) is 6.92 Å². The van der Waals surface area contributed by atoms with E-state index < -0.39 is 0 Å². The fraction of sp³-hybridized carbons (Fsp3) is 0.250. The molecule has 0 saturated carbocycles. The Hall–Kier alpha value is -2.57. The summed E-state index contributed by atoms with van der Waals surface area (Å²) in [4.78, 5) is 19.2. The summed E-state index contributed by atoms with van der Waals surface area (Å²) in [5.41, 5.74) is 17.6. The lowest BCUT2D eigenvalue weighted by Gasteiger charge is -2.06. The minimum Gasteiger partial charge on any atom is -0.462 e. The molecule has 7 nitrogen and oxygen atoms in total. The van der Waals surface area contributed by atoms with Crippen LogP contribution in [-0.4, -0.2) is 24.5 Å². The van der Waals surface area contributed by atoms with Gasteiger partial charge in [0.15, 0.2) is 5.96 Å². The van der Waals surface area contributed by atoms with Gasteiger partial charge >= 0.3 is 5.97 Å². The highest BCUT2D eigenvalue weighted by Gasteiger charge is 2.09. The van der Waals surface area contributed by atoms with E-state index in [1.807, 2.05) is 0 Å². The molecule has 0 amide bonds. The second kappa shape index (κ2) is 6.39. The van der Waals surface area contributed by atoms with Crippen LogP contribution in [0.3, 0.4) is 0 Å². The minimum atomic E-state index is -0.368. The third-order valence-electron chi connectivity index (χ3n) is 2.19. The Morgan fingerprint density at radius 2 is 2.00 bits per heavy atom. The molecule has 19 heavy (non-hydrogen) atoms. The van der Waals surface area contributed by atoms with Crippen LogP contribution in [0.15, 0.2) is 28.2 Å². The number of nitrogens with two attached hydrogens (primary N) is 3. The van der Waals surface area contributed by atoms with Gasteiger partial charge in [-0.15, -0.1) is 0 Å². The van der Waals surface area contributed by atoms with E-state index >= 15 is 0 Å². The summed E-state index contributed by atoms with van der Waals surface area (Å²) in [7, 11) is 0. The Labute approximate surface area is 111 Å². The number of carbonyl (C=O) groups is 1. The second-order valence-electron chi connectivity index (χ2n) is 3.73. The average molecular weight is 263 g/mol. The van der Waals surface area contributed by atoms with Gasteiger partial charge in [0.05, 0.1) is 17.9 Å². The number of benzene rings is 1. The fourth-order valence-electron chi connectivity index (χ4n) is 1.44. The van der Waals surface area contributed by atoms with E-state index in [1.54, 1.807) is 32.0 Å². The highest BCUT2D eigenvalue weighted by molar-refractivity contribution is 5.94. The molecule has 0 fully saturated rings. The molecule has 1 aromatic rings. The predicted octanol–water partition coefficient (Wildman–Crippen LogP) is 0.391. The number of carbonyl (C=O) groups excluding carboxylic acids is 1. The van der Waals surface area contributed by atoms with Gasteiger partial charge in [-0.3, -0.25) is 0 Å². The van der Waals surface area contributed by atoms with Gasteiger partial charge in [0, 0.05) is 0 Å². The maximum absolute atomic E-state index is 11.6. The number of nitrogens with zero attached hydrogens (tertiary/aromatic N) is 2. The van der Waals surface area contributed by atoms with Crippen molar-refractivity contribution in [3.8, 4) is 0 Å². The first-order valence-corrected chi connectivity index (χ1v) is 5.65. The van der Waals surface area contributed by atoms with Crippen LogP contribution in [0.25, 0.3) is 0 Å². The van der Waals surface area contributed by atoms with Crippen LogP contribution < -0.4 is 17.2 Å². The number of rotatable bonds is 3. The molecule has 0 aromatic heterocycles. The van der Waals surface area contributed by atoms with Gasteiger partial charge in [-0.05, 0) is 37.6 Å². The third kappa shape index (κ3) is 4.30. The van der Waals surface area contributed by atoms with Crippen molar-refractivity contribution in [1.29, 1.82) is 0 Å². The first-order chi connectivity index (χ1) is 8.93. The molecule has 0 spiro atoms. The lowest BCUT2D eigenvalue weighted by Crippen LogP contribution is -2.26. The highest BCUT2D eigenvalue weighted by Crippen LogP contribution is 2.18. The van der Waals surface area contributed by atoms with Crippen LogP contribution >= 0.6 is 0 Å². The van der Waals surface area contributed by atoms with E-state index in [-0.39, 0.29) is 17.9 Å². The first kappa shape index (κ1) is 14.5. The van der Waals surface area contributed by atoms with Crippen molar-refractivity contribution >= 4 is 23.6 Å². The fourth-order valence-corrected chi connectivity index (χ4v) is 1.44. The minimum absolute atomic E-state index is 0.0525. The van der Waals surface area contributed by atoms with Gasteiger partial charge in [0.2, 0.25) is 5.96 Å². The molecule has 0 bridgehead atoms. The standard InChI is InChI=1S/C12H17N5O2/c1-3-19-10(18)9-5-4-8(6-7(9)2)16-12(15)17-11(13)14/h4-6H,3H2,1-2H3,(H6,13,14,15,16,17). The van der Waals surface area contributed by atoms with Crippen LogP contribution in [-0.2, 0) is 4.74 Å². The number of hydrogen-bond acceptors (Lipinski definition) is 3. The van der Waals surface area contributed by atoms with E-state index in [0.717, 1.165) is 5.56 Å². The summed E-state index contributed by atoms with van der Waals surface area (Å²) in [6.07, 6.45) is 0. The Morgan fingerprint density at radius 1 is 1.32 bits per heavy atom. The summed E-state index contributed by atoms with van der Waals surface area (Å²) >= 11 is 0. The molecule has 0 aliphatic heterocycles. The van der Waals surface area contributed by atoms with Crippen molar-refractivity contribution in [2.24, 2.45) is 27.2 Å². The van der Waals surface area contributed by atoms with Crippen LogP contribution in [0.5, 0.6) is 0 Å². The SMILES string of the molecule is CCOC(=O)c1ccc(N=C(N)N=C(N)N)cc1C. The summed E-state index contributed by atoms with van der Waals surface area (Å²) in [5, 5.41) is 0. The van der Waals surface area contributed by atoms with Crippen molar-refractivity contribution in [1.82, 2.24) is 0 Å². The predicted molar refractivity (Wildman–Crippen MR) is 74.2 cm³/mol. The van der Waals surface area contributed by atoms with Crippen molar-refractivity contribution < 1.29 is 9.53 Å². The number of aryl methyl sites for hydroxylation is 1. The van der Waals surface area contributed by atoms with Gasteiger partial charge in [-0.25, -0.2) is 9.79 Å². The molecular formula is C12H17N5O2. The molecule has 0 heterocycles. The Bertz CT molecular complexity index is 533. The maximum Gasteiger partial charge on any atom is 0.338 e. The molecule has 0 aliphatic rings. The normalized spacial score (nSPS) is 10.9. The van der Waals surface area contributed by atoms with E-state index in [2.05, 4.69) is 9.98 Å². The van der Waals surface area contributed by atoms with E-state index in [1.165, 1.54) is 0 Å². The average Bonchev–Trinajstić information content (AvgIpc) is 2.27. The summed E-state index contributed by atoms with van der Waals surface area (Å²) in [6, 6.07) is 4.95. The summed E-state index contributed by atoms with van der Waals surface area (Å²) < 4.78 is 4.93. The second-order valence-corrected chi connectivity index (χ2v) is 3.73. The molecule has 1 aromatic carbocycles. The Balaban J connectivity index is 3.00. The maximum atomic E-state index is 11.6. The van der Waals surface area contributed by atoms with Gasteiger partial charge < -0.3 is 21.9 Å². The molecule has 102 valence electrons. The molecule has 0 unspecified atom stereocenters. The Kier molecular flexibility index (Phi) is 4.87. The molecule has 6 N–H and O–H groups in total. The number of hydrogen-bond donors (Lipinski definition) is 3. The number of ether oxygens (including phenoxy) is 1. The summed E-state index contributed by atoms with van der Waals surface area (Å²) in [6.45, 7) is 3.86. The van der Waals surface area contributed by atoms with Crippen LogP contribution in [0.2, 0.25) is 0 Å². The number of aliphatic imine (C=N–C) groups is 2. The molecule has 0 aliphatic carbocycles. The lowest BCUT2D eigenvalue weighted by atomic mass is 10.1. The third-order valence-corrected chi connectivity index (χ3v) is 2.19. The smallest absolute Gasteiger partial charge is 0.338 e. The number of esters is 1. The quantitative estimate of drug-likeness (QED) is 0.412. The first-order valence-electron chi connectivity index (χ1n) is 5.65. The summed E-state index contributed by atoms with van der Waals surface area (Å²) in [5.74, 6) is -0.586. The highest BCUT2D eigenvalue weighted by atomic mass is 16.5. The zero-order valence-electron chi connectivity index (χ0n) is 10.9. The number of guanidine groups is 2. The monoisotopic (exact) mass is 263 g/mol. The lowest BCUT2D eigenvalue weighted by molar-refractivity contribution is 0.0525. The molecule has 0 atom stereocenters. The van der Waals surface area contributed by atoms with Gasteiger partial charge in [-0.1, -0.05) is 0 Å². The molecule has 0 saturated heterocycles.